The fourth-order valence-corrected chi connectivity index (χ4v) is 2.87. The highest BCUT2D eigenvalue weighted by Gasteiger charge is 2.33. The molecule has 1 saturated carbocycles. The van der Waals surface area contributed by atoms with Crippen LogP contribution >= 0.6 is 12.4 Å². The molecule has 0 radical (unpaired) electrons. The maximum absolute atomic E-state index is 12.1. The third kappa shape index (κ3) is 4.12. The number of hydrogen-bond donors (Lipinski definition) is 3. The smallest absolute Gasteiger partial charge is 0.225 e. The molecule has 1 aliphatic rings. The predicted molar refractivity (Wildman–Crippen MR) is 83.2 cm³/mol. The van der Waals surface area contributed by atoms with Gasteiger partial charge in [-0.05, 0) is 36.9 Å². The van der Waals surface area contributed by atoms with Crippen molar-refractivity contribution in [1.82, 2.24) is 0 Å². The molecule has 0 spiro atoms. The van der Waals surface area contributed by atoms with E-state index in [1.54, 1.807) is 24.3 Å². The first-order valence-corrected chi connectivity index (χ1v) is 6.93. The topological polar surface area (TPSA) is 75.4 Å². The molecule has 4 N–H and O–H groups in total. The molecule has 0 bridgehead atoms. The van der Waals surface area contributed by atoms with Gasteiger partial charge in [0, 0.05) is 6.42 Å². The van der Waals surface area contributed by atoms with Gasteiger partial charge < -0.3 is 16.2 Å². The number of anilines is 1. The van der Waals surface area contributed by atoms with Gasteiger partial charge in [-0.15, -0.1) is 12.4 Å². The lowest BCUT2D eigenvalue weighted by Gasteiger charge is -2.35. The number of hydrogen-bond acceptors (Lipinski definition) is 3. The standard InChI is InChI=1S/C15H22N2O2.ClH/c16-11-15(8-4-1-5-9-15)10-14(19)17-12-6-2-3-7-13(12)18;/h2-3,6-7,18H,1,4-5,8-11,16H2,(H,17,19);1H. The van der Waals surface area contributed by atoms with Crippen LogP contribution in [0, 0.1) is 5.41 Å². The third-order valence-corrected chi connectivity index (χ3v) is 4.06. The average molecular weight is 299 g/mol. The van der Waals surface area contributed by atoms with E-state index in [9.17, 15) is 9.90 Å². The summed E-state index contributed by atoms with van der Waals surface area (Å²) < 4.78 is 0. The Morgan fingerprint density at radius 3 is 2.50 bits per heavy atom. The van der Waals surface area contributed by atoms with Gasteiger partial charge in [0.05, 0.1) is 5.69 Å². The number of phenolic OH excluding ortho intramolecular Hbond substituents is 1. The van der Waals surface area contributed by atoms with Crippen LogP contribution in [0.1, 0.15) is 38.5 Å². The molecule has 0 aromatic heterocycles. The average Bonchev–Trinajstić information content (AvgIpc) is 2.42. The van der Waals surface area contributed by atoms with E-state index in [2.05, 4.69) is 5.32 Å². The number of phenols is 1. The number of aromatic hydroxyl groups is 1. The molecular formula is C15H23ClN2O2. The summed E-state index contributed by atoms with van der Waals surface area (Å²) in [6.07, 6.45) is 6.04. The molecule has 1 aromatic carbocycles. The van der Waals surface area contributed by atoms with E-state index < -0.39 is 0 Å². The van der Waals surface area contributed by atoms with Gasteiger partial charge in [0.25, 0.3) is 0 Å². The molecule has 1 aromatic rings. The molecular weight excluding hydrogens is 276 g/mol. The van der Waals surface area contributed by atoms with Crippen molar-refractivity contribution >= 4 is 24.0 Å². The van der Waals surface area contributed by atoms with Crippen molar-refractivity contribution in [2.75, 3.05) is 11.9 Å². The zero-order valence-corrected chi connectivity index (χ0v) is 12.4. The Morgan fingerprint density at radius 1 is 1.25 bits per heavy atom. The zero-order chi connectivity index (χ0) is 13.7. The van der Waals surface area contributed by atoms with E-state index in [4.69, 9.17) is 5.73 Å². The first kappa shape index (κ1) is 16.8. The maximum Gasteiger partial charge on any atom is 0.225 e. The lowest BCUT2D eigenvalue weighted by atomic mass is 9.71. The zero-order valence-electron chi connectivity index (χ0n) is 11.6. The molecule has 1 amide bonds. The Kier molecular flexibility index (Phi) is 6.30. The summed E-state index contributed by atoms with van der Waals surface area (Å²) in [7, 11) is 0. The number of benzene rings is 1. The van der Waals surface area contributed by atoms with Gasteiger partial charge in [-0.3, -0.25) is 4.79 Å². The van der Waals surface area contributed by atoms with Crippen molar-refractivity contribution < 1.29 is 9.90 Å². The number of para-hydroxylation sites is 2. The second-order valence-corrected chi connectivity index (χ2v) is 5.51. The van der Waals surface area contributed by atoms with E-state index in [0.29, 0.717) is 18.7 Å². The van der Waals surface area contributed by atoms with Crippen LogP contribution in [-0.4, -0.2) is 17.6 Å². The van der Waals surface area contributed by atoms with E-state index in [-0.39, 0.29) is 29.5 Å². The van der Waals surface area contributed by atoms with Crippen LogP contribution in [0.2, 0.25) is 0 Å². The third-order valence-electron chi connectivity index (χ3n) is 4.06. The first-order valence-electron chi connectivity index (χ1n) is 6.93. The van der Waals surface area contributed by atoms with Gasteiger partial charge in [-0.2, -0.15) is 0 Å². The molecule has 20 heavy (non-hydrogen) atoms. The fourth-order valence-electron chi connectivity index (χ4n) is 2.87. The van der Waals surface area contributed by atoms with E-state index in [0.717, 1.165) is 25.7 Å². The summed E-state index contributed by atoms with van der Waals surface area (Å²) in [6, 6.07) is 6.78. The number of carbonyl (C=O) groups excluding carboxylic acids is 1. The molecule has 0 atom stereocenters. The van der Waals surface area contributed by atoms with Crippen LogP contribution in [0.15, 0.2) is 24.3 Å². The van der Waals surface area contributed by atoms with Gasteiger partial charge in [0.1, 0.15) is 5.75 Å². The Balaban J connectivity index is 0.00000200. The molecule has 0 unspecified atom stereocenters. The SMILES string of the molecule is Cl.NCC1(CC(=O)Nc2ccccc2O)CCCCC1. The molecule has 0 heterocycles. The van der Waals surface area contributed by atoms with E-state index >= 15 is 0 Å². The molecule has 1 aliphatic carbocycles. The summed E-state index contributed by atoms with van der Waals surface area (Å²) in [5.74, 6) is 0.0372. The quantitative estimate of drug-likeness (QED) is 0.748. The monoisotopic (exact) mass is 298 g/mol. The van der Waals surface area contributed by atoms with Crippen LogP contribution in [0.3, 0.4) is 0 Å². The van der Waals surface area contributed by atoms with Crippen LogP contribution in [-0.2, 0) is 4.79 Å². The molecule has 1 fully saturated rings. The minimum atomic E-state index is -0.0613. The Morgan fingerprint density at radius 2 is 1.90 bits per heavy atom. The minimum absolute atomic E-state index is 0. The van der Waals surface area contributed by atoms with Crippen molar-refractivity contribution in [3.8, 4) is 5.75 Å². The van der Waals surface area contributed by atoms with Crippen molar-refractivity contribution in [2.24, 2.45) is 11.1 Å². The van der Waals surface area contributed by atoms with Crippen molar-refractivity contribution in [2.45, 2.75) is 38.5 Å². The van der Waals surface area contributed by atoms with Crippen molar-refractivity contribution in [1.29, 1.82) is 0 Å². The highest BCUT2D eigenvalue weighted by molar-refractivity contribution is 5.92. The number of nitrogens with one attached hydrogen (secondary N) is 1. The number of halogens is 1. The van der Waals surface area contributed by atoms with Gasteiger partial charge in [0.2, 0.25) is 5.91 Å². The largest absolute Gasteiger partial charge is 0.506 e. The van der Waals surface area contributed by atoms with Crippen molar-refractivity contribution in [3.05, 3.63) is 24.3 Å². The van der Waals surface area contributed by atoms with Crippen LogP contribution in [0.4, 0.5) is 5.69 Å². The normalized spacial score (nSPS) is 17.1. The molecule has 2 rings (SSSR count). The molecule has 0 saturated heterocycles. The van der Waals surface area contributed by atoms with Crippen molar-refractivity contribution in [3.63, 3.8) is 0 Å². The lowest BCUT2D eigenvalue weighted by molar-refractivity contribution is -0.118. The summed E-state index contributed by atoms with van der Waals surface area (Å²) in [5.41, 5.74) is 6.30. The van der Waals surface area contributed by atoms with Gasteiger partial charge in [-0.1, -0.05) is 31.4 Å². The highest BCUT2D eigenvalue weighted by atomic mass is 35.5. The van der Waals surface area contributed by atoms with E-state index in [1.165, 1.54) is 6.42 Å². The van der Waals surface area contributed by atoms with Gasteiger partial charge >= 0.3 is 0 Å². The summed E-state index contributed by atoms with van der Waals surface area (Å²) in [5, 5.41) is 12.4. The summed E-state index contributed by atoms with van der Waals surface area (Å²) in [4.78, 5) is 12.1. The molecule has 5 heteroatoms. The van der Waals surface area contributed by atoms with Crippen LogP contribution in [0.25, 0.3) is 0 Å². The number of nitrogens with two attached hydrogens (primary N) is 1. The van der Waals surface area contributed by atoms with Gasteiger partial charge in [0.15, 0.2) is 0 Å². The lowest BCUT2D eigenvalue weighted by Crippen LogP contribution is -2.36. The molecule has 112 valence electrons. The highest BCUT2D eigenvalue weighted by Crippen LogP contribution is 2.38. The molecule has 4 nitrogen and oxygen atoms in total. The fraction of sp³-hybridized carbons (Fsp3) is 0.533. The number of rotatable bonds is 4. The Hall–Kier alpha value is -1.26. The Labute approximate surface area is 126 Å². The van der Waals surface area contributed by atoms with Crippen LogP contribution in [0.5, 0.6) is 5.75 Å². The first-order chi connectivity index (χ1) is 9.15. The molecule has 0 aliphatic heterocycles. The number of carbonyl (C=O) groups is 1. The maximum atomic E-state index is 12.1. The Bertz CT molecular complexity index is 445. The van der Waals surface area contributed by atoms with E-state index in [1.807, 2.05) is 0 Å². The number of amides is 1. The van der Waals surface area contributed by atoms with Gasteiger partial charge in [-0.25, -0.2) is 0 Å². The summed E-state index contributed by atoms with van der Waals surface area (Å²) in [6.45, 7) is 0.557. The second-order valence-electron chi connectivity index (χ2n) is 5.51. The predicted octanol–water partition coefficient (Wildman–Crippen LogP) is 3.05. The minimum Gasteiger partial charge on any atom is -0.506 e. The second kappa shape index (κ2) is 7.50. The summed E-state index contributed by atoms with van der Waals surface area (Å²) >= 11 is 0. The van der Waals surface area contributed by atoms with Crippen LogP contribution < -0.4 is 11.1 Å².